The first-order valence-corrected chi connectivity index (χ1v) is 6.78. The van der Waals surface area contributed by atoms with Crippen LogP contribution in [0.15, 0.2) is 24.4 Å². The van der Waals surface area contributed by atoms with Crippen LogP contribution in [-0.4, -0.2) is 29.8 Å². The largest absolute Gasteiger partial charge is 0.504 e. The second-order valence-electron chi connectivity index (χ2n) is 4.85. The van der Waals surface area contributed by atoms with Crippen molar-refractivity contribution in [3.05, 3.63) is 24.4 Å². The molecule has 4 N–H and O–H groups in total. The Morgan fingerprint density at radius 3 is 3.00 bits per heavy atom. The van der Waals surface area contributed by atoms with Gasteiger partial charge in [-0.1, -0.05) is 0 Å². The van der Waals surface area contributed by atoms with E-state index in [1.54, 1.807) is 25.4 Å². The topological polar surface area (TPSA) is 80.4 Å². The van der Waals surface area contributed by atoms with Crippen LogP contribution in [0.25, 0.3) is 10.9 Å². The summed E-state index contributed by atoms with van der Waals surface area (Å²) in [7, 11) is 1.54. The van der Waals surface area contributed by atoms with Gasteiger partial charge in [-0.2, -0.15) is 0 Å². The van der Waals surface area contributed by atoms with Crippen LogP contribution >= 0.6 is 0 Å². The van der Waals surface area contributed by atoms with Gasteiger partial charge in [0.15, 0.2) is 11.5 Å². The van der Waals surface area contributed by atoms with Crippen LogP contribution in [0.5, 0.6) is 11.5 Å². The third-order valence-corrected chi connectivity index (χ3v) is 3.29. The molecule has 5 nitrogen and oxygen atoms in total. The fourth-order valence-electron chi connectivity index (χ4n) is 2.24. The molecule has 0 spiro atoms. The summed E-state index contributed by atoms with van der Waals surface area (Å²) in [6, 6.07) is 5.68. The maximum Gasteiger partial charge on any atom is 0.167 e. The molecule has 0 unspecified atom stereocenters. The number of phenolic OH excluding ortho intramolecular Hbond substituents is 1. The molecule has 5 heteroatoms. The minimum atomic E-state index is 0.121. The van der Waals surface area contributed by atoms with Gasteiger partial charge in [0.1, 0.15) is 0 Å². The lowest BCUT2D eigenvalue weighted by Crippen LogP contribution is -2.17. The van der Waals surface area contributed by atoms with E-state index < -0.39 is 0 Å². The van der Waals surface area contributed by atoms with Gasteiger partial charge in [0.25, 0.3) is 0 Å². The Hall–Kier alpha value is -2.01. The Kier molecular flexibility index (Phi) is 4.63. The lowest BCUT2D eigenvalue weighted by atomic mass is 10.1. The van der Waals surface area contributed by atoms with E-state index in [9.17, 15) is 5.11 Å². The molecule has 2 aromatic rings. The van der Waals surface area contributed by atoms with Crippen molar-refractivity contribution < 1.29 is 9.84 Å². The van der Waals surface area contributed by atoms with E-state index in [1.165, 1.54) is 0 Å². The van der Waals surface area contributed by atoms with E-state index in [4.69, 9.17) is 10.5 Å². The van der Waals surface area contributed by atoms with Crippen LogP contribution in [0, 0.1) is 0 Å². The van der Waals surface area contributed by atoms with Crippen LogP contribution in [0.1, 0.15) is 19.8 Å². The predicted molar refractivity (Wildman–Crippen MR) is 81.3 cm³/mol. The summed E-state index contributed by atoms with van der Waals surface area (Å²) in [5.74, 6) is 0.565. The first kappa shape index (κ1) is 14.4. The molecule has 1 aromatic carbocycles. The number of phenols is 1. The summed E-state index contributed by atoms with van der Waals surface area (Å²) in [5, 5.41) is 14.2. The molecule has 0 saturated carbocycles. The summed E-state index contributed by atoms with van der Waals surface area (Å²) in [4.78, 5) is 4.35. The Labute approximate surface area is 118 Å². The van der Waals surface area contributed by atoms with Gasteiger partial charge < -0.3 is 20.9 Å². The minimum Gasteiger partial charge on any atom is -0.504 e. The third kappa shape index (κ3) is 2.93. The molecule has 0 aliphatic rings. The molecular formula is C15H21N3O2. The number of methoxy groups -OCH3 is 1. The fraction of sp³-hybridized carbons (Fsp3) is 0.400. The second-order valence-corrected chi connectivity index (χ2v) is 4.85. The van der Waals surface area contributed by atoms with Crippen LogP contribution in [0.2, 0.25) is 0 Å². The maximum atomic E-state index is 10.1. The number of rotatable bonds is 6. The molecular weight excluding hydrogens is 254 g/mol. The van der Waals surface area contributed by atoms with Crippen LogP contribution in [-0.2, 0) is 0 Å². The van der Waals surface area contributed by atoms with E-state index >= 15 is 0 Å². The molecule has 2 rings (SSSR count). The molecule has 1 atom stereocenters. The predicted octanol–water partition coefficient (Wildman–Crippen LogP) is 2.49. The molecule has 0 fully saturated rings. The number of anilines is 1. The van der Waals surface area contributed by atoms with Gasteiger partial charge in [-0.15, -0.1) is 0 Å². The van der Waals surface area contributed by atoms with Crippen molar-refractivity contribution in [1.29, 1.82) is 0 Å². The average molecular weight is 275 g/mol. The maximum absolute atomic E-state index is 10.1. The van der Waals surface area contributed by atoms with Crippen LogP contribution < -0.4 is 15.8 Å². The van der Waals surface area contributed by atoms with Crippen molar-refractivity contribution in [3.63, 3.8) is 0 Å². The Bertz CT molecular complexity index is 587. The van der Waals surface area contributed by atoms with Crippen molar-refractivity contribution in [2.24, 2.45) is 5.73 Å². The molecule has 20 heavy (non-hydrogen) atoms. The summed E-state index contributed by atoms with van der Waals surface area (Å²) in [6.45, 7) is 2.79. The van der Waals surface area contributed by atoms with Gasteiger partial charge in [-0.05, 0) is 38.4 Å². The number of pyridine rings is 1. The fourth-order valence-corrected chi connectivity index (χ4v) is 2.24. The zero-order valence-electron chi connectivity index (χ0n) is 11.9. The number of nitrogens with zero attached hydrogens (tertiary/aromatic N) is 1. The molecule has 0 saturated heterocycles. The van der Waals surface area contributed by atoms with E-state index in [-0.39, 0.29) is 11.8 Å². The number of fused-ring (bicyclic) bond motifs is 1. The van der Waals surface area contributed by atoms with Gasteiger partial charge in [0, 0.05) is 23.7 Å². The monoisotopic (exact) mass is 275 g/mol. The van der Waals surface area contributed by atoms with E-state index in [0.717, 1.165) is 24.0 Å². The SMILES string of the molecule is COc1cc(N[C@@H](C)CCCN)c2ncccc2c1O. The molecule has 0 bridgehead atoms. The smallest absolute Gasteiger partial charge is 0.167 e. The number of hydrogen-bond acceptors (Lipinski definition) is 5. The van der Waals surface area contributed by atoms with Gasteiger partial charge in [0.05, 0.1) is 18.3 Å². The van der Waals surface area contributed by atoms with Crippen molar-refractivity contribution >= 4 is 16.6 Å². The molecule has 108 valence electrons. The molecule has 0 radical (unpaired) electrons. The highest BCUT2D eigenvalue weighted by Crippen LogP contribution is 2.38. The lowest BCUT2D eigenvalue weighted by molar-refractivity contribution is 0.376. The molecule has 0 amide bonds. The third-order valence-electron chi connectivity index (χ3n) is 3.29. The number of nitrogens with two attached hydrogens (primary N) is 1. The quantitative estimate of drug-likeness (QED) is 0.706. The van der Waals surface area contributed by atoms with Crippen LogP contribution in [0.4, 0.5) is 5.69 Å². The molecule has 1 aromatic heterocycles. The highest BCUT2D eigenvalue weighted by molar-refractivity contribution is 5.97. The minimum absolute atomic E-state index is 0.121. The number of hydrogen-bond donors (Lipinski definition) is 3. The van der Waals surface area contributed by atoms with Crippen molar-refractivity contribution in [3.8, 4) is 11.5 Å². The van der Waals surface area contributed by atoms with Gasteiger partial charge in [0.2, 0.25) is 0 Å². The Balaban J connectivity index is 2.39. The summed E-state index contributed by atoms with van der Waals surface area (Å²) < 4.78 is 5.22. The standard InChI is InChI=1S/C15H21N3O2/c1-10(5-3-7-16)18-12-9-13(20-2)15(19)11-6-4-8-17-14(11)12/h4,6,8-10,18-19H,3,5,7,16H2,1-2H3/t10-/m0/s1. The molecule has 1 heterocycles. The van der Waals surface area contributed by atoms with E-state index in [0.29, 0.717) is 17.7 Å². The highest BCUT2D eigenvalue weighted by Gasteiger charge is 2.14. The van der Waals surface area contributed by atoms with Crippen LogP contribution in [0.3, 0.4) is 0 Å². The van der Waals surface area contributed by atoms with Gasteiger partial charge >= 0.3 is 0 Å². The number of aromatic nitrogens is 1. The average Bonchev–Trinajstić information content (AvgIpc) is 2.48. The normalized spacial score (nSPS) is 12.3. The van der Waals surface area contributed by atoms with Crippen molar-refractivity contribution in [2.75, 3.05) is 19.0 Å². The van der Waals surface area contributed by atoms with Crippen molar-refractivity contribution in [2.45, 2.75) is 25.8 Å². The number of aromatic hydroxyl groups is 1. The number of nitrogens with one attached hydrogen (secondary N) is 1. The zero-order valence-corrected chi connectivity index (χ0v) is 11.9. The Morgan fingerprint density at radius 2 is 2.30 bits per heavy atom. The summed E-state index contributed by atoms with van der Waals surface area (Å²) >= 11 is 0. The number of benzene rings is 1. The molecule has 0 aliphatic carbocycles. The Morgan fingerprint density at radius 1 is 1.50 bits per heavy atom. The first-order valence-electron chi connectivity index (χ1n) is 6.78. The van der Waals surface area contributed by atoms with Gasteiger partial charge in [-0.25, -0.2) is 0 Å². The van der Waals surface area contributed by atoms with Crippen molar-refractivity contribution in [1.82, 2.24) is 4.98 Å². The lowest BCUT2D eigenvalue weighted by Gasteiger charge is -2.18. The summed E-state index contributed by atoms with van der Waals surface area (Å²) in [6.07, 6.45) is 3.66. The zero-order chi connectivity index (χ0) is 14.5. The highest BCUT2D eigenvalue weighted by atomic mass is 16.5. The van der Waals surface area contributed by atoms with E-state index in [2.05, 4.69) is 17.2 Å². The molecule has 0 aliphatic heterocycles. The number of ether oxygens (including phenoxy) is 1. The second kappa shape index (κ2) is 6.43. The first-order chi connectivity index (χ1) is 9.67. The van der Waals surface area contributed by atoms with Gasteiger partial charge in [-0.3, -0.25) is 4.98 Å². The summed E-state index contributed by atoms with van der Waals surface area (Å²) in [5.41, 5.74) is 7.14. The van der Waals surface area contributed by atoms with E-state index in [1.807, 2.05) is 6.07 Å².